The van der Waals surface area contributed by atoms with Gasteiger partial charge in [0.05, 0.1) is 0 Å². The molecule has 0 aromatic heterocycles. The molecule has 0 radical (unpaired) electrons. The molecule has 0 spiro atoms. The summed E-state index contributed by atoms with van der Waals surface area (Å²) in [6.07, 6.45) is 0. The smallest absolute Gasteiger partial charge is 1.00 e. The summed E-state index contributed by atoms with van der Waals surface area (Å²) in [5.74, 6) is 0. The maximum Gasteiger partial charge on any atom is 1.00 e. The molecular weight excluding hydrogens is 182 g/mol. The van der Waals surface area contributed by atoms with Crippen LogP contribution in [0, 0.1) is 0 Å². The zero-order chi connectivity index (χ0) is 0. The first kappa shape index (κ1) is 98.3. The third-order valence-corrected chi connectivity index (χ3v) is 0. The first-order chi connectivity index (χ1) is 0. The van der Waals surface area contributed by atoms with Crippen molar-refractivity contribution in [2.24, 2.45) is 0 Å². The summed E-state index contributed by atoms with van der Waals surface area (Å²) in [6.45, 7) is 0. The minimum absolute atomic E-state index is 0. The Hall–Kier alpha value is 2.00. The molecule has 0 saturated carbocycles. The van der Waals surface area contributed by atoms with E-state index in [1.165, 1.54) is 0 Å². The largest absolute Gasteiger partial charge is 1.00 e. The van der Waals surface area contributed by atoms with Crippen LogP contribution in [0.25, 0.3) is 0 Å². The van der Waals surface area contributed by atoms with Crippen LogP contribution in [0.3, 0.4) is 0 Å². The van der Waals surface area contributed by atoms with Gasteiger partial charge in [0.1, 0.15) is 0 Å². The van der Waals surface area contributed by atoms with Crippen molar-refractivity contribution < 1.29 is 81.5 Å². The number of hydrogen-bond donors (Lipinski definition) is 0. The van der Waals surface area contributed by atoms with E-state index in [1.54, 1.807) is 0 Å². The Morgan fingerprint density at radius 3 is 0.667 bits per heavy atom. The molecule has 0 aliphatic heterocycles. The molecule has 0 rings (SSSR count). The Balaban J connectivity index is 0. The minimum atomic E-state index is 0. The molecule has 0 aromatic rings. The van der Waals surface area contributed by atoms with E-state index in [0.717, 1.165) is 0 Å². The summed E-state index contributed by atoms with van der Waals surface area (Å²) >= 11 is 0. The SMILES string of the molecule is O.O.O.O.S.[H-].[Rb+]. The van der Waals surface area contributed by atoms with Gasteiger partial charge in [-0.25, -0.2) is 0 Å². The first-order valence-electron chi connectivity index (χ1n) is 0. The quantitative estimate of drug-likeness (QED) is 0.362. The Kier molecular flexibility index (Phi) is 1030. The first-order valence-corrected chi connectivity index (χ1v) is 0. The third-order valence-electron chi connectivity index (χ3n) is 0. The molecule has 0 saturated heterocycles. The Bertz CT molecular complexity index is 11.7. The Morgan fingerprint density at radius 1 is 0.667 bits per heavy atom. The maximum absolute atomic E-state index is 0. The number of rotatable bonds is 0. The Labute approximate surface area is 93.3 Å². The van der Waals surface area contributed by atoms with E-state index in [2.05, 4.69) is 0 Å². The summed E-state index contributed by atoms with van der Waals surface area (Å²) in [5.41, 5.74) is 0. The van der Waals surface area contributed by atoms with Crippen LogP contribution in [0.1, 0.15) is 1.43 Å². The van der Waals surface area contributed by atoms with Gasteiger partial charge in [-0.05, 0) is 0 Å². The molecule has 0 amide bonds. The van der Waals surface area contributed by atoms with Gasteiger partial charge < -0.3 is 23.3 Å². The van der Waals surface area contributed by atoms with E-state index in [-0.39, 0.29) is 95.0 Å². The second-order valence-electron chi connectivity index (χ2n) is 0. The molecule has 0 unspecified atom stereocenters. The molecule has 6 heavy (non-hydrogen) atoms. The van der Waals surface area contributed by atoms with Crippen molar-refractivity contribution in [3.8, 4) is 0 Å². The molecule has 0 aromatic carbocycles. The molecule has 6 heteroatoms. The van der Waals surface area contributed by atoms with Gasteiger partial charge in [0.15, 0.2) is 0 Å². The van der Waals surface area contributed by atoms with Gasteiger partial charge >= 0.3 is 58.2 Å². The molecule has 0 heterocycles. The van der Waals surface area contributed by atoms with Gasteiger partial charge in [0.25, 0.3) is 0 Å². The standard InChI is InChI=1S/4H2O.Rb.H2S.H/h4*1H2;;1H2;/q;;;;+1;;-1. The molecule has 8 N–H and O–H groups in total. The van der Waals surface area contributed by atoms with Crippen LogP contribution in [0.4, 0.5) is 0 Å². The van der Waals surface area contributed by atoms with Crippen LogP contribution in [-0.2, 0) is 0 Å². The summed E-state index contributed by atoms with van der Waals surface area (Å²) in [4.78, 5) is 0. The van der Waals surface area contributed by atoms with Crippen molar-refractivity contribution >= 4 is 13.5 Å². The van der Waals surface area contributed by atoms with Crippen molar-refractivity contribution in [3.05, 3.63) is 0 Å². The summed E-state index contributed by atoms with van der Waals surface area (Å²) in [6, 6.07) is 0. The molecule has 0 aliphatic carbocycles. The predicted molar refractivity (Wildman–Crippen MR) is 25.9 cm³/mol. The van der Waals surface area contributed by atoms with Crippen molar-refractivity contribution in [3.63, 3.8) is 0 Å². The zero-order valence-electron chi connectivity index (χ0n) is 4.50. The van der Waals surface area contributed by atoms with Gasteiger partial charge in [-0.1, -0.05) is 0 Å². The fourth-order valence-electron chi connectivity index (χ4n) is 0. The van der Waals surface area contributed by atoms with Crippen molar-refractivity contribution in [2.45, 2.75) is 0 Å². The van der Waals surface area contributed by atoms with Crippen LogP contribution in [0.15, 0.2) is 0 Å². The van der Waals surface area contributed by atoms with Crippen LogP contribution < -0.4 is 58.2 Å². The van der Waals surface area contributed by atoms with Crippen molar-refractivity contribution in [1.29, 1.82) is 0 Å². The van der Waals surface area contributed by atoms with Gasteiger partial charge in [0.2, 0.25) is 0 Å². The molecule has 42 valence electrons. The van der Waals surface area contributed by atoms with E-state index in [0.29, 0.717) is 0 Å². The summed E-state index contributed by atoms with van der Waals surface area (Å²) < 4.78 is 0. The fraction of sp³-hybridized carbons (Fsp3) is 0. The number of hydrogen-bond acceptors (Lipinski definition) is 0. The van der Waals surface area contributed by atoms with Crippen LogP contribution >= 0.6 is 13.5 Å². The topological polar surface area (TPSA) is 126 Å². The zero-order valence-corrected chi connectivity index (χ0v) is 9.42. The fourth-order valence-corrected chi connectivity index (χ4v) is 0. The van der Waals surface area contributed by atoms with Gasteiger partial charge in [-0.3, -0.25) is 0 Å². The molecule has 0 atom stereocenters. The second kappa shape index (κ2) is 63.2. The Morgan fingerprint density at radius 2 is 0.667 bits per heavy atom. The summed E-state index contributed by atoms with van der Waals surface area (Å²) in [7, 11) is 0. The maximum atomic E-state index is 0. The third kappa shape index (κ3) is 37.6. The van der Waals surface area contributed by atoms with Crippen molar-refractivity contribution in [1.82, 2.24) is 0 Å². The molecule has 0 bridgehead atoms. The van der Waals surface area contributed by atoms with Crippen LogP contribution in [-0.4, -0.2) is 21.9 Å². The average molecular weight is 193 g/mol. The van der Waals surface area contributed by atoms with Crippen molar-refractivity contribution in [2.75, 3.05) is 0 Å². The van der Waals surface area contributed by atoms with Gasteiger partial charge in [0, 0.05) is 0 Å². The van der Waals surface area contributed by atoms with E-state index in [4.69, 9.17) is 0 Å². The average Bonchev–Trinajstić information content (AvgIpc) is 0. The van der Waals surface area contributed by atoms with E-state index < -0.39 is 0 Å². The predicted octanol–water partition coefficient (Wildman–Crippen LogP) is -6.07. The minimum Gasteiger partial charge on any atom is -1.00 e. The normalized spacial score (nSPS) is 0. The van der Waals surface area contributed by atoms with E-state index >= 15 is 0 Å². The van der Waals surface area contributed by atoms with Crippen LogP contribution in [0.2, 0.25) is 0 Å². The van der Waals surface area contributed by atoms with Gasteiger partial charge in [-0.15, -0.1) is 0 Å². The van der Waals surface area contributed by atoms with E-state index in [9.17, 15) is 0 Å². The molecule has 0 aliphatic rings. The van der Waals surface area contributed by atoms with E-state index in [1.807, 2.05) is 0 Å². The molecule has 4 nitrogen and oxygen atoms in total. The molecule has 0 fully saturated rings. The monoisotopic (exact) mass is 192 g/mol. The van der Waals surface area contributed by atoms with Gasteiger partial charge in [-0.2, -0.15) is 13.5 Å². The molecular formula is H11O4RbS. The summed E-state index contributed by atoms with van der Waals surface area (Å²) in [5, 5.41) is 0. The van der Waals surface area contributed by atoms with Crippen LogP contribution in [0.5, 0.6) is 0 Å². The second-order valence-corrected chi connectivity index (χ2v) is 0.